The molecule has 0 aliphatic carbocycles. The molecule has 0 aliphatic heterocycles. The van der Waals surface area contributed by atoms with Gasteiger partial charge in [0.05, 0.1) is 0 Å². The summed E-state index contributed by atoms with van der Waals surface area (Å²) >= 11 is 12.2. The maximum atomic E-state index is 11.8. The molecule has 2 nitrogen and oxygen atoms in total. The van der Waals surface area contributed by atoms with Gasteiger partial charge in [0.25, 0.3) is 0 Å². The van der Waals surface area contributed by atoms with Crippen LogP contribution in [0.2, 0.25) is 10.0 Å². The molecule has 34 heavy (non-hydrogen) atoms. The summed E-state index contributed by atoms with van der Waals surface area (Å²) in [4.78, 5) is 11.8. The zero-order chi connectivity index (χ0) is 25.1. The highest BCUT2D eigenvalue weighted by atomic mass is 35.5. The molecule has 0 radical (unpaired) electrons. The van der Waals surface area contributed by atoms with E-state index in [0.717, 1.165) is 23.0 Å². The number of benzene rings is 3. The van der Waals surface area contributed by atoms with Crippen molar-refractivity contribution in [3.8, 4) is 5.75 Å². The van der Waals surface area contributed by atoms with Crippen LogP contribution in [0.5, 0.6) is 5.75 Å². The summed E-state index contributed by atoms with van der Waals surface area (Å²) in [6, 6.07) is 17.5. The second kappa shape index (κ2) is 10.4. The largest absolute Gasteiger partial charge is 0.488 e. The summed E-state index contributed by atoms with van der Waals surface area (Å²) in [6.07, 6.45) is 4.86. The van der Waals surface area contributed by atoms with E-state index in [-0.39, 0.29) is 17.4 Å². The molecule has 3 aromatic rings. The summed E-state index contributed by atoms with van der Waals surface area (Å²) < 4.78 is 6.09. The van der Waals surface area contributed by atoms with Gasteiger partial charge in [-0.2, -0.15) is 0 Å². The Morgan fingerprint density at radius 1 is 0.794 bits per heavy atom. The molecule has 0 N–H and O–H groups in total. The quantitative estimate of drug-likeness (QED) is 0.252. The van der Waals surface area contributed by atoms with Gasteiger partial charge in [0.2, 0.25) is 0 Å². The second-order valence-electron chi connectivity index (χ2n) is 10.6. The molecule has 178 valence electrons. The fourth-order valence-electron chi connectivity index (χ4n) is 3.62. The lowest BCUT2D eigenvalue weighted by atomic mass is 9.79. The van der Waals surface area contributed by atoms with Gasteiger partial charge in [0, 0.05) is 21.2 Å². The van der Waals surface area contributed by atoms with Gasteiger partial charge in [-0.15, -0.1) is 0 Å². The predicted octanol–water partition coefficient (Wildman–Crippen LogP) is 9.15. The average molecular weight is 495 g/mol. The van der Waals surface area contributed by atoms with Crippen molar-refractivity contribution >= 4 is 41.6 Å². The Labute approximate surface area is 213 Å². The van der Waals surface area contributed by atoms with Crippen LogP contribution in [0.25, 0.3) is 12.2 Å². The van der Waals surface area contributed by atoms with E-state index in [1.54, 1.807) is 12.1 Å². The molecular weight excluding hydrogens is 463 g/mol. The van der Waals surface area contributed by atoms with Crippen molar-refractivity contribution in [2.75, 3.05) is 0 Å². The molecule has 0 atom stereocenters. The van der Waals surface area contributed by atoms with Gasteiger partial charge >= 0.3 is 0 Å². The van der Waals surface area contributed by atoms with Crippen molar-refractivity contribution in [3.05, 3.63) is 98.0 Å². The molecule has 0 bridgehead atoms. The number of ether oxygens (including phenoxy) is 1. The van der Waals surface area contributed by atoms with E-state index in [1.807, 2.05) is 30.3 Å². The Balaban J connectivity index is 1.99. The Bertz CT molecular complexity index is 1160. The molecule has 4 heteroatoms. The van der Waals surface area contributed by atoms with Crippen LogP contribution >= 0.6 is 23.2 Å². The van der Waals surface area contributed by atoms with Gasteiger partial charge < -0.3 is 4.74 Å². The number of hydrogen-bond donors (Lipinski definition) is 0. The first-order valence-corrected chi connectivity index (χ1v) is 12.1. The second-order valence-corrected chi connectivity index (χ2v) is 11.5. The first-order valence-electron chi connectivity index (χ1n) is 11.4. The average Bonchev–Trinajstić information content (AvgIpc) is 2.74. The number of carbonyl (C=O) groups excluding carboxylic acids is 1. The molecule has 0 fully saturated rings. The fraction of sp³-hybridized carbons (Fsp3) is 0.300. The van der Waals surface area contributed by atoms with Gasteiger partial charge in [-0.05, 0) is 63.4 Å². The van der Waals surface area contributed by atoms with Crippen LogP contribution < -0.4 is 4.74 Å². The van der Waals surface area contributed by atoms with E-state index in [0.29, 0.717) is 21.4 Å². The van der Waals surface area contributed by atoms with Gasteiger partial charge in [-0.3, -0.25) is 4.79 Å². The Kier molecular flexibility index (Phi) is 7.95. The molecular formula is C30H32Cl2O2. The third-order valence-corrected chi connectivity index (χ3v) is 6.11. The van der Waals surface area contributed by atoms with E-state index in [9.17, 15) is 4.79 Å². The highest BCUT2D eigenvalue weighted by Gasteiger charge is 2.20. The van der Waals surface area contributed by atoms with Crippen LogP contribution in [-0.4, -0.2) is 6.29 Å². The van der Waals surface area contributed by atoms with Gasteiger partial charge in [-0.1, -0.05) is 101 Å². The van der Waals surface area contributed by atoms with Gasteiger partial charge in [-0.25, -0.2) is 0 Å². The molecule has 0 saturated heterocycles. The lowest BCUT2D eigenvalue weighted by molar-refractivity contribution is 0.112. The lowest BCUT2D eigenvalue weighted by Crippen LogP contribution is -2.16. The van der Waals surface area contributed by atoms with Crippen LogP contribution in [0.1, 0.15) is 79.7 Å². The first-order chi connectivity index (χ1) is 15.9. The van der Waals surface area contributed by atoms with Crippen LogP contribution in [0.3, 0.4) is 0 Å². The van der Waals surface area contributed by atoms with Crippen molar-refractivity contribution in [1.82, 2.24) is 0 Å². The van der Waals surface area contributed by atoms with Crippen molar-refractivity contribution in [1.29, 1.82) is 0 Å². The number of carbonyl (C=O) groups is 1. The summed E-state index contributed by atoms with van der Waals surface area (Å²) in [7, 11) is 0. The molecule has 0 unspecified atom stereocenters. The molecule has 0 saturated carbocycles. The fourth-order valence-corrected chi connectivity index (χ4v) is 4.19. The number of hydrogen-bond acceptors (Lipinski definition) is 2. The number of halogens is 2. The topological polar surface area (TPSA) is 26.3 Å². The first kappa shape index (κ1) is 26.1. The molecule has 0 amide bonds. The molecule has 0 aromatic heterocycles. The summed E-state index contributed by atoms with van der Waals surface area (Å²) in [5.74, 6) is 0.625. The van der Waals surface area contributed by atoms with E-state index in [2.05, 4.69) is 65.8 Å². The number of aldehydes is 1. The van der Waals surface area contributed by atoms with Crippen LogP contribution in [0, 0.1) is 0 Å². The highest BCUT2D eigenvalue weighted by molar-refractivity contribution is 6.34. The maximum Gasteiger partial charge on any atom is 0.150 e. The third kappa shape index (κ3) is 6.74. The van der Waals surface area contributed by atoms with Crippen LogP contribution in [0.15, 0.2) is 54.6 Å². The normalized spacial score (nSPS) is 12.2. The summed E-state index contributed by atoms with van der Waals surface area (Å²) in [5.41, 5.74) is 5.86. The standard InChI is InChI=1S/C30H32Cl2O2/c1-29(2,3)23-12-20(13-24(16-23)30(4,5)6)10-11-27-22(18-33)8-7-9-28(27)34-19-21-14-25(31)17-26(32)15-21/h7-18H,19H2,1-6H3. The summed E-state index contributed by atoms with van der Waals surface area (Å²) in [5, 5.41) is 1.11. The molecule has 0 heterocycles. The van der Waals surface area contributed by atoms with Gasteiger partial charge in [0.15, 0.2) is 6.29 Å². The maximum absolute atomic E-state index is 11.8. The Morgan fingerprint density at radius 2 is 1.38 bits per heavy atom. The highest BCUT2D eigenvalue weighted by Crippen LogP contribution is 2.32. The Morgan fingerprint density at radius 3 is 1.91 bits per heavy atom. The van der Waals surface area contributed by atoms with Gasteiger partial charge in [0.1, 0.15) is 12.4 Å². The zero-order valence-electron chi connectivity index (χ0n) is 20.7. The minimum Gasteiger partial charge on any atom is -0.488 e. The minimum atomic E-state index is 0.0249. The number of rotatable bonds is 6. The zero-order valence-corrected chi connectivity index (χ0v) is 22.2. The minimum absolute atomic E-state index is 0.0249. The van der Waals surface area contributed by atoms with E-state index in [1.165, 1.54) is 11.1 Å². The smallest absolute Gasteiger partial charge is 0.150 e. The predicted molar refractivity (Wildman–Crippen MR) is 145 cm³/mol. The van der Waals surface area contributed by atoms with Crippen LogP contribution in [-0.2, 0) is 17.4 Å². The van der Waals surface area contributed by atoms with E-state index >= 15 is 0 Å². The van der Waals surface area contributed by atoms with Crippen molar-refractivity contribution in [3.63, 3.8) is 0 Å². The Hall–Kier alpha value is -2.55. The van der Waals surface area contributed by atoms with Crippen molar-refractivity contribution in [2.24, 2.45) is 0 Å². The van der Waals surface area contributed by atoms with Crippen molar-refractivity contribution < 1.29 is 9.53 Å². The van der Waals surface area contributed by atoms with E-state index < -0.39 is 0 Å². The molecule has 0 aliphatic rings. The van der Waals surface area contributed by atoms with Crippen molar-refractivity contribution in [2.45, 2.75) is 59.0 Å². The monoisotopic (exact) mass is 494 g/mol. The third-order valence-electron chi connectivity index (χ3n) is 5.67. The van der Waals surface area contributed by atoms with E-state index in [4.69, 9.17) is 27.9 Å². The van der Waals surface area contributed by atoms with Crippen LogP contribution in [0.4, 0.5) is 0 Å². The summed E-state index contributed by atoms with van der Waals surface area (Å²) in [6.45, 7) is 13.6. The molecule has 3 rings (SSSR count). The molecule has 3 aromatic carbocycles. The lowest BCUT2D eigenvalue weighted by Gasteiger charge is -2.25. The SMILES string of the molecule is CC(C)(C)c1cc(C=Cc2c(C=O)cccc2OCc2cc(Cl)cc(Cl)c2)cc(C(C)(C)C)c1. The molecule has 0 spiro atoms.